The number of aliphatic hydroxyl groups is 2. The van der Waals surface area contributed by atoms with Crippen LogP contribution in [0.5, 0.6) is 0 Å². The number of phosphoric ester groups is 1. The monoisotopic (exact) mass is 907 g/mol. The number of nitrogens with zero attached hydrogens (tertiary/aromatic N) is 1. The van der Waals surface area contributed by atoms with Gasteiger partial charge in [0.05, 0.1) is 40.0 Å². The summed E-state index contributed by atoms with van der Waals surface area (Å²) in [5.41, 5.74) is 0. The molecule has 0 spiro atoms. The number of aliphatic hydroxyl groups excluding tert-OH is 2. The van der Waals surface area contributed by atoms with E-state index < -0.39 is 44.7 Å². The average Bonchev–Trinajstić information content (AvgIpc) is 3.50. The number of ketones is 1. The van der Waals surface area contributed by atoms with Crippen molar-refractivity contribution in [2.45, 2.75) is 167 Å². The first-order valence-corrected chi connectivity index (χ1v) is 25.3. The van der Waals surface area contributed by atoms with Crippen LogP contribution in [0.15, 0.2) is 72.9 Å². The van der Waals surface area contributed by atoms with E-state index >= 15 is 0 Å². The van der Waals surface area contributed by atoms with Crippen LogP contribution < -0.4 is 0 Å². The first-order chi connectivity index (χ1) is 30.2. The molecule has 0 amide bonds. The fraction of sp³-hybridized carbons (Fsp3) is 0.700. The molecule has 3 N–H and O–H groups in total. The predicted octanol–water partition coefficient (Wildman–Crippen LogP) is 10.4. The number of rotatable bonds is 38. The summed E-state index contributed by atoms with van der Waals surface area (Å²) in [6, 6.07) is 0. The number of ether oxygens (including phenoxy) is 2. The Kier molecular flexibility index (Phi) is 33.4. The SMILES string of the molecule is CCCCC/C=C\C/C=C\C/C=C\C/C=C\CCCCCC(=O)O[C@H](COC(=O)CCC/C=C\C[C@H]1C(=O)C[C@@H](O)[C@@H]1/C=C/[C@@H](O)CCCCC)COP(=O)(O)OCC[N+](C)(C)C. The minimum atomic E-state index is -4.46. The Balaban J connectivity index is 2.50. The molecular formula is C50H85NO11P+. The highest BCUT2D eigenvalue weighted by atomic mass is 31.2. The molecule has 12 nitrogen and oxygen atoms in total. The van der Waals surface area contributed by atoms with Crippen molar-refractivity contribution in [2.75, 3.05) is 47.5 Å². The topological polar surface area (TPSA) is 166 Å². The lowest BCUT2D eigenvalue weighted by atomic mass is 9.90. The quantitative estimate of drug-likeness (QED) is 0.0177. The van der Waals surface area contributed by atoms with E-state index in [-0.39, 0.29) is 50.1 Å². The Morgan fingerprint density at radius 3 is 1.95 bits per heavy atom. The molecule has 1 fully saturated rings. The number of hydrogen-bond acceptors (Lipinski definition) is 10. The molecule has 1 unspecified atom stereocenters. The smallest absolute Gasteiger partial charge is 0.462 e. The van der Waals surface area contributed by atoms with Crippen LogP contribution >= 0.6 is 7.82 Å². The van der Waals surface area contributed by atoms with Crippen LogP contribution in [-0.2, 0) is 37.5 Å². The second kappa shape index (κ2) is 36.3. The van der Waals surface area contributed by atoms with Gasteiger partial charge in [-0.1, -0.05) is 125 Å². The van der Waals surface area contributed by atoms with Gasteiger partial charge in [-0.2, -0.15) is 0 Å². The maximum Gasteiger partial charge on any atom is 0.472 e. The van der Waals surface area contributed by atoms with E-state index in [2.05, 4.69) is 62.5 Å². The van der Waals surface area contributed by atoms with Gasteiger partial charge in [-0.15, -0.1) is 0 Å². The van der Waals surface area contributed by atoms with E-state index in [0.717, 1.165) is 57.8 Å². The summed E-state index contributed by atoms with van der Waals surface area (Å²) in [5.74, 6) is -1.76. The van der Waals surface area contributed by atoms with Crippen LogP contribution in [0.3, 0.4) is 0 Å². The van der Waals surface area contributed by atoms with Crippen molar-refractivity contribution in [1.82, 2.24) is 0 Å². The van der Waals surface area contributed by atoms with E-state index in [0.29, 0.717) is 43.1 Å². The number of allylic oxidation sites excluding steroid dienone is 10. The largest absolute Gasteiger partial charge is 0.472 e. The standard InChI is InChI=1S/C50H84NO11P/c1-6-8-10-11-12-13-14-15-16-17-18-19-20-21-22-23-24-25-31-35-50(56)62-44(42-61-63(57,58)60-39-38-51(3,4)5)41-59-49(55)34-30-27-26-29-33-45-46(48(54)40-47(45)53)37-36-43(52)32-28-9-7-2/h12-13,15-16,18-19,21-22,26,29,36-37,43-46,48,52,54H,6-11,14,17,20,23-25,27-28,30-35,38-42H2,1-5H3/p+1/b13-12-,16-15-,19-18-,22-21-,29-26-,37-36+/t43-,44+,45+,46+,48+/m0/s1. The van der Waals surface area contributed by atoms with Gasteiger partial charge in [-0.05, 0) is 77.0 Å². The van der Waals surface area contributed by atoms with E-state index in [9.17, 15) is 34.1 Å². The molecule has 1 rings (SSSR count). The summed E-state index contributed by atoms with van der Waals surface area (Å²) < 4.78 is 34.2. The molecule has 1 aliphatic carbocycles. The number of phosphoric acid groups is 1. The molecular weight excluding hydrogens is 822 g/mol. The average molecular weight is 907 g/mol. The lowest BCUT2D eigenvalue weighted by molar-refractivity contribution is -0.870. The summed E-state index contributed by atoms with van der Waals surface area (Å²) in [5, 5.41) is 20.7. The maximum atomic E-state index is 12.8. The predicted molar refractivity (Wildman–Crippen MR) is 253 cm³/mol. The Morgan fingerprint density at radius 1 is 0.746 bits per heavy atom. The molecule has 0 saturated heterocycles. The minimum Gasteiger partial charge on any atom is -0.462 e. The molecule has 0 heterocycles. The lowest BCUT2D eigenvalue weighted by Crippen LogP contribution is -2.37. The van der Waals surface area contributed by atoms with Crippen LogP contribution in [0, 0.1) is 11.8 Å². The fourth-order valence-electron chi connectivity index (χ4n) is 6.74. The highest BCUT2D eigenvalue weighted by Crippen LogP contribution is 2.43. The van der Waals surface area contributed by atoms with Gasteiger partial charge in [0.15, 0.2) is 6.10 Å². The van der Waals surface area contributed by atoms with E-state index in [1.54, 1.807) is 12.2 Å². The summed E-state index contributed by atoms with van der Waals surface area (Å²) in [4.78, 5) is 48.2. The zero-order valence-corrected chi connectivity index (χ0v) is 40.4. The number of hydrogen-bond donors (Lipinski definition) is 3. The van der Waals surface area contributed by atoms with E-state index in [1.807, 2.05) is 33.3 Å². The Hall–Kier alpha value is -2.96. The van der Waals surface area contributed by atoms with Crippen molar-refractivity contribution in [3.05, 3.63) is 72.9 Å². The minimum absolute atomic E-state index is 0.00313. The van der Waals surface area contributed by atoms with Crippen molar-refractivity contribution < 1.29 is 57.1 Å². The first-order valence-electron chi connectivity index (χ1n) is 23.8. The zero-order valence-electron chi connectivity index (χ0n) is 39.5. The van der Waals surface area contributed by atoms with Crippen LogP contribution in [-0.4, -0.2) is 103 Å². The number of carbonyl (C=O) groups is 3. The number of Topliss-reactive ketones (excluding diaryl/α,β-unsaturated/α-hetero) is 1. The van der Waals surface area contributed by atoms with E-state index in [1.165, 1.54) is 25.7 Å². The van der Waals surface area contributed by atoms with Gasteiger partial charge in [0.25, 0.3) is 0 Å². The third kappa shape index (κ3) is 33.2. The van der Waals surface area contributed by atoms with Crippen LogP contribution in [0.2, 0.25) is 0 Å². The Morgan fingerprint density at radius 2 is 1.32 bits per heavy atom. The van der Waals surface area contributed by atoms with Crippen LogP contribution in [0.25, 0.3) is 0 Å². The molecule has 0 aliphatic heterocycles. The van der Waals surface area contributed by atoms with Crippen molar-refractivity contribution in [3.8, 4) is 0 Å². The summed E-state index contributed by atoms with van der Waals surface area (Å²) in [6.07, 6.45) is 38.8. The van der Waals surface area contributed by atoms with Crippen molar-refractivity contribution in [3.63, 3.8) is 0 Å². The Labute approximate surface area is 380 Å². The highest BCUT2D eigenvalue weighted by Gasteiger charge is 2.39. The number of unbranched alkanes of at least 4 members (excludes halogenated alkanes) is 9. The molecule has 360 valence electrons. The van der Waals surface area contributed by atoms with Gasteiger partial charge in [-0.25, -0.2) is 4.57 Å². The second-order valence-electron chi connectivity index (χ2n) is 17.6. The lowest BCUT2D eigenvalue weighted by Gasteiger charge is -2.24. The summed E-state index contributed by atoms with van der Waals surface area (Å²) in [7, 11) is 1.30. The molecule has 1 saturated carbocycles. The Bertz CT molecular complexity index is 1460. The number of esters is 2. The number of quaternary nitrogens is 1. The van der Waals surface area contributed by atoms with Crippen molar-refractivity contribution in [1.29, 1.82) is 0 Å². The molecule has 63 heavy (non-hydrogen) atoms. The molecule has 6 atom stereocenters. The molecule has 0 aromatic rings. The van der Waals surface area contributed by atoms with Crippen LogP contribution in [0.1, 0.15) is 149 Å². The third-order valence-electron chi connectivity index (χ3n) is 10.6. The third-order valence-corrected chi connectivity index (χ3v) is 11.6. The first kappa shape index (κ1) is 58.1. The second-order valence-corrected chi connectivity index (χ2v) is 19.0. The molecule has 0 aromatic heterocycles. The molecule has 0 bridgehead atoms. The fourth-order valence-corrected chi connectivity index (χ4v) is 7.48. The maximum absolute atomic E-state index is 12.8. The number of carbonyl (C=O) groups excluding carboxylic acids is 3. The van der Waals surface area contributed by atoms with Gasteiger partial charge in [0, 0.05) is 31.1 Å². The van der Waals surface area contributed by atoms with Crippen molar-refractivity contribution in [2.24, 2.45) is 11.8 Å². The van der Waals surface area contributed by atoms with Gasteiger partial charge < -0.3 is 29.1 Å². The normalized spacial score (nSPS) is 19.4. The molecule has 0 radical (unpaired) electrons. The van der Waals surface area contributed by atoms with Gasteiger partial charge in [0.2, 0.25) is 0 Å². The summed E-state index contributed by atoms with van der Waals surface area (Å²) in [6.45, 7) is 3.93. The highest BCUT2D eigenvalue weighted by molar-refractivity contribution is 7.47. The van der Waals surface area contributed by atoms with E-state index in [4.69, 9.17) is 18.5 Å². The summed E-state index contributed by atoms with van der Waals surface area (Å²) >= 11 is 0. The van der Waals surface area contributed by atoms with Gasteiger partial charge in [0.1, 0.15) is 25.5 Å². The van der Waals surface area contributed by atoms with Crippen molar-refractivity contribution >= 4 is 25.5 Å². The molecule has 1 aliphatic rings. The zero-order chi connectivity index (χ0) is 46.6. The molecule has 0 aromatic carbocycles. The molecule has 13 heteroatoms. The van der Waals surface area contributed by atoms with Crippen LogP contribution in [0.4, 0.5) is 0 Å². The van der Waals surface area contributed by atoms with Gasteiger partial charge >= 0.3 is 19.8 Å². The number of likely N-dealkylation sites (N-methyl/N-ethyl adjacent to an activating group) is 1. The van der Waals surface area contributed by atoms with Gasteiger partial charge in [-0.3, -0.25) is 23.4 Å².